The SMILES string of the molecule is C[C@@H](N[C@H]1CC[C@@H](c2ccc(Br)cc2)C1)C1=C2C=CCCC2CC=C1. The van der Waals surface area contributed by atoms with Gasteiger partial charge in [0.1, 0.15) is 0 Å². The van der Waals surface area contributed by atoms with Crippen molar-refractivity contribution in [2.45, 2.75) is 63.5 Å². The van der Waals surface area contributed by atoms with Crippen LogP contribution in [0.4, 0.5) is 0 Å². The average Bonchev–Trinajstić information content (AvgIpc) is 3.10. The molecule has 0 amide bonds. The van der Waals surface area contributed by atoms with Crippen LogP contribution in [0.25, 0.3) is 0 Å². The van der Waals surface area contributed by atoms with Crippen LogP contribution in [0.1, 0.15) is 56.9 Å². The predicted molar refractivity (Wildman–Crippen MR) is 110 cm³/mol. The van der Waals surface area contributed by atoms with Crippen LogP contribution in [0.2, 0.25) is 0 Å². The molecule has 0 radical (unpaired) electrons. The van der Waals surface area contributed by atoms with Gasteiger partial charge in [-0.1, -0.05) is 52.4 Å². The summed E-state index contributed by atoms with van der Waals surface area (Å²) in [5.41, 5.74) is 4.62. The van der Waals surface area contributed by atoms with Gasteiger partial charge in [0.2, 0.25) is 0 Å². The van der Waals surface area contributed by atoms with E-state index in [0.29, 0.717) is 18.0 Å². The summed E-state index contributed by atoms with van der Waals surface area (Å²) < 4.78 is 1.17. The van der Waals surface area contributed by atoms with Crippen LogP contribution in [0.3, 0.4) is 0 Å². The standard InChI is InChI=1S/C23H28BrN/c1-16(22-8-4-6-18-5-2-3-7-23(18)22)25-21-14-11-19(15-21)17-9-12-20(24)13-10-17/h3-4,7-10,12-13,16,18-19,21,25H,2,5-6,11,14-15H2,1H3/t16-,18?,19-,21+/m1/s1. The number of benzene rings is 1. The largest absolute Gasteiger partial charge is 0.307 e. The molecule has 0 aromatic heterocycles. The summed E-state index contributed by atoms with van der Waals surface area (Å²) in [6, 6.07) is 10.0. The van der Waals surface area contributed by atoms with Crippen molar-refractivity contribution in [1.29, 1.82) is 0 Å². The number of halogens is 1. The summed E-state index contributed by atoms with van der Waals surface area (Å²) in [6.45, 7) is 2.35. The number of fused-ring (bicyclic) bond motifs is 1. The van der Waals surface area contributed by atoms with Gasteiger partial charge in [-0.2, -0.15) is 0 Å². The summed E-state index contributed by atoms with van der Waals surface area (Å²) in [4.78, 5) is 0. The lowest BCUT2D eigenvalue weighted by molar-refractivity contribution is 0.471. The molecule has 1 aromatic carbocycles. The molecule has 0 spiro atoms. The fraction of sp³-hybridized carbons (Fsp3) is 0.478. The van der Waals surface area contributed by atoms with Crippen LogP contribution in [0.5, 0.6) is 0 Å². The van der Waals surface area contributed by atoms with Crippen LogP contribution in [-0.4, -0.2) is 12.1 Å². The van der Waals surface area contributed by atoms with Crippen LogP contribution < -0.4 is 5.32 Å². The average molecular weight is 398 g/mol. The van der Waals surface area contributed by atoms with Gasteiger partial charge in [0, 0.05) is 16.6 Å². The van der Waals surface area contributed by atoms with Gasteiger partial charge >= 0.3 is 0 Å². The fourth-order valence-corrected chi connectivity index (χ4v) is 5.10. The number of nitrogens with one attached hydrogen (secondary N) is 1. The zero-order valence-corrected chi connectivity index (χ0v) is 16.6. The Hall–Kier alpha value is -1.12. The summed E-state index contributed by atoms with van der Waals surface area (Å²) >= 11 is 3.54. The van der Waals surface area contributed by atoms with E-state index < -0.39 is 0 Å². The molecule has 1 saturated carbocycles. The Morgan fingerprint density at radius 3 is 2.68 bits per heavy atom. The van der Waals surface area contributed by atoms with Crippen LogP contribution in [0.15, 0.2) is 64.2 Å². The van der Waals surface area contributed by atoms with Crippen molar-refractivity contribution in [1.82, 2.24) is 5.32 Å². The number of hydrogen-bond acceptors (Lipinski definition) is 1. The van der Waals surface area contributed by atoms with Crippen LogP contribution in [-0.2, 0) is 0 Å². The third kappa shape index (κ3) is 3.85. The van der Waals surface area contributed by atoms with E-state index in [0.717, 1.165) is 5.92 Å². The van der Waals surface area contributed by atoms with Crippen LogP contribution in [0, 0.1) is 5.92 Å². The maximum absolute atomic E-state index is 3.94. The van der Waals surface area contributed by atoms with Crippen LogP contribution >= 0.6 is 15.9 Å². The van der Waals surface area contributed by atoms with E-state index in [1.807, 2.05) is 0 Å². The normalized spacial score (nSPS) is 29.8. The van der Waals surface area contributed by atoms with E-state index in [1.165, 1.54) is 54.1 Å². The lowest BCUT2D eigenvalue weighted by Crippen LogP contribution is -2.37. The van der Waals surface area contributed by atoms with Crippen molar-refractivity contribution in [3.05, 3.63) is 69.8 Å². The molecule has 0 heterocycles. The Labute approximate surface area is 160 Å². The summed E-state index contributed by atoms with van der Waals surface area (Å²) in [5, 5.41) is 3.94. The van der Waals surface area contributed by atoms with Gasteiger partial charge in [-0.25, -0.2) is 0 Å². The molecule has 1 N–H and O–H groups in total. The molecule has 0 saturated heterocycles. The molecule has 1 unspecified atom stereocenters. The van der Waals surface area contributed by atoms with Crippen molar-refractivity contribution < 1.29 is 0 Å². The van der Waals surface area contributed by atoms with E-state index in [9.17, 15) is 0 Å². The molecule has 4 atom stereocenters. The molecule has 1 nitrogen and oxygen atoms in total. The molecule has 3 aliphatic rings. The lowest BCUT2D eigenvalue weighted by atomic mass is 9.79. The molecular weight excluding hydrogens is 370 g/mol. The van der Waals surface area contributed by atoms with E-state index in [2.05, 4.69) is 76.7 Å². The molecule has 3 aliphatic carbocycles. The van der Waals surface area contributed by atoms with Gasteiger partial charge in [0.15, 0.2) is 0 Å². The lowest BCUT2D eigenvalue weighted by Gasteiger charge is -2.30. The summed E-state index contributed by atoms with van der Waals surface area (Å²) in [7, 11) is 0. The number of allylic oxidation sites excluding steroid dienone is 4. The molecule has 1 aromatic rings. The predicted octanol–water partition coefficient (Wildman–Crippen LogP) is 6.29. The van der Waals surface area contributed by atoms with Crippen molar-refractivity contribution in [2.24, 2.45) is 5.92 Å². The van der Waals surface area contributed by atoms with E-state index in [4.69, 9.17) is 0 Å². The second-order valence-electron chi connectivity index (χ2n) is 7.87. The minimum Gasteiger partial charge on any atom is -0.307 e. The molecule has 132 valence electrons. The molecular formula is C23H28BrN. The minimum absolute atomic E-state index is 0.450. The van der Waals surface area contributed by atoms with Crippen molar-refractivity contribution in [3.8, 4) is 0 Å². The van der Waals surface area contributed by atoms with Crippen molar-refractivity contribution in [3.63, 3.8) is 0 Å². The highest BCUT2D eigenvalue weighted by Crippen LogP contribution is 2.37. The smallest absolute Gasteiger partial charge is 0.0297 e. The number of rotatable bonds is 4. The zero-order valence-electron chi connectivity index (χ0n) is 15.0. The Balaban J connectivity index is 1.42. The quantitative estimate of drug-likeness (QED) is 0.629. The van der Waals surface area contributed by atoms with Gasteiger partial charge in [0.25, 0.3) is 0 Å². The Bertz CT molecular complexity index is 697. The van der Waals surface area contributed by atoms with Crippen molar-refractivity contribution >= 4 is 15.9 Å². The molecule has 2 heteroatoms. The maximum Gasteiger partial charge on any atom is 0.0297 e. The first-order valence-electron chi connectivity index (χ1n) is 9.79. The molecule has 1 fully saturated rings. The Kier molecular flexibility index (Phi) is 5.28. The second kappa shape index (κ2) is 7.63. The highest BCUT2D eigenvalue weighted by molar-refractivity contribution is 9.10. The van der Waals surface area contributed by atoms with Gasteiger partial charge in [-0.15, -0.1) is 0 Å². The third-order valence-electron chi connectivity index (χ3n) is 6.20. The first kappa shape index (κ1) is 17.3. The van der Waals surface area contributed by atoms with Gasteiger partial charge in [-0.3, -0.25) is 0 Å². The zero-order chi connectivity index (χ0) is 17.2. The first-order valence-corrected chi connectivity index (χ1v) is 10.6. The van der Waals surface area contributed by atoms with Gasteiger partial charge in [0.05, 0.1) is 0 Å². The summed E-state index contributed by atoms with van der Waals surface area (Å²) in [6.07, 6.45) is 17.2. The van der Waals surface area contributed by atoms with E-state index in [1.54, 1.807) is 5.57 Å². The Morgan fingerprint density at radius 2 is 1.84 bits per heavy atom. The molecule has 0 aliphatic heterocycles. The minimum atomic E-state index is 0.450. The third-order valence-corrected chi connectivity index (χ3v) is 6.73. The second-order valence-corrected chi connectivity index (χ2v) is 8.79. The topological polar surface area (TPSA) is 12.0 Å². The highest BCUT2D eigenvalue weighted by Gasteiger charge is 2.29. The molecule has 0 bridgehead atoms. The summed E-state index contributed by atoms with van der Waals surface area (Å²) in [5.74, 6) is 1.47. The monoisotopic (exact) mass is 397 g/mol. The number of hydrogen-bond donors (Lipinski definition) is 1. The molecule has 4 rings (SSSR count). The van der Waals surface area contributed by atoms with Crippen molar-refractivity contribution in [2.75, 3.05) is 0 Å². The van der Waals surface area contributed by atoms with Gasteiger partial charge < -0.3 is 5.32 Å². The molecule has 25 heavy (non-hydrogen) atoms. The van der Waals surface area contributed by atoms with E-state index >= 15 is 0 Å². The highest BCUT2D eigenvalue weighted by atomic mass is 79.9. The maximum atomic E-state index is 3.94. The first-order chi connectivity index (χ1) is 12.2. The van der Waals surface area contributed by atoms with Gasteiger partial charge in [-0.05, 0) is 86.1 Å². The Morgan fingerprint density at radius 1 is 1.00 bits per heavy atom. The fourth-order valence-electron chi connectivity index (χ4n) is 4.84. The van der Waals surface area contributed by atoms with E-state index in [-0.39, 0.29) is 0 Å².